The molecule has 114 valence electrons. The van der Waals surface area contributed by atoms with Gasteiger partial charge in [0.1, 0.15) is 0 Å². The summed E-state index contributed by atoms with van der Waals surface area (Å²) >= 11 is 0. The van der Waals surface area contributed by atoms with Crippen LogP contribution in [0.1, 0.15) is 17.2 Å². The van der Waals surface area contributed by atoms with Gasteiger partial charge in [0.2, 0.25) is 0 Å². The fraction of sp³-hybridized carbons (Fsp3) is 0.222. The Labute approximate surface area is 127 Å². The van der Waals surface area contributed by atoms with E-state index >= 15 is 0 Å². The van der Waals surface area contributed by atoms with Crippen LogP contribution in [0, 0.1) is 0 Å². The van der Waals surface area contributed by atoms with Crippen molar-refractivity contribution in [2.75, 3.05) is 6.54 Å². The fourth-order valence-electron chi connectivity index (χ4n) is 2.78. The molecule has 3 rings (SSSR count). The van der Waals surface area contributed by atoms with Crippen LogP contribution in [0.5, 0.6) is 0 Å². The van der Waals surface area contributed by atoms with Gasteiger partial charge in [0.05, 0.1) is 6.04 Å². The first-order valence-corrected chi connectivity index (χ1v) is 7.15. The summed E-state index contributed by atoms with van der Waals surface area (Å²) in [6.07, 6.45) is -2.92. The summed E-state index contributed by atoms with van der Waals surface area (Å²) in [5.41, 5.74) is 1.44. The van der Waals surface area contributed by atoms with E-state index in [0.29, 0.717) is 6.54 Å². The van der Waals surface area contributed by atoms with E-state index in [4.69, 9.17) is 0 Å². The number of nitrogens with zero attached hydrogens (tertiary/aromatic N) is 1. The van der Waals surface area contributed by atoms with Crippen molar-refractivity contribution in [3.63, 3.8) is 0 Å². The van der Waals surface area contributed by atoms with E-state index in [1.165, 1.54) is 6.08 Å². The van der Waals surface area contributed by atoms with Gasteiger partial charge in [-0.3, -0.25) is 4.90 Å². The molecule has 0 bridgehead atoms. The molecule has 0 aromatic heterocycles. The molecule has 0 aliphatic carbocycles. The van der Waals surface area contributed by atoms with E-state index in [1.807, 2.05) is 65.6 Å². The Kier molecular flexibility index (Phi) is 4.03. The quantitative estimate of drug-likeness (QED) is 0.741. The van der Waals surface area contributed by atoms with Crippen LogP contribution in [0.3, 0.4) is 0 Å². The van der Waals surface area contributed by atoms with Gasteiger partial charge in [-0.15, -0.1) is 0 Å². The normalized spacial score (nSPS) is 19.2. The number of hydrogen-bond acceptors (Lipinski definition) is 1. The van der Waals surface area contributed by atoms with Crippen molar-refractivity contribution in [2.24, 2.45) is 0 Å². The number of rotatable bonds is 3. The summed E-state index contributed by atoms with van der Waals surface area (Å²) in [6.45, 7) is 0.425. The summed E-state index contributed by atoms with van der Waals surface area (Å²) in [4.78, 5) is 1.85. The molecule has 4 heteroatoms. The van der Waals surface area contributed by atoms with E-state index < -0.39 is 11.7 Å². The molecule has 0 fully saturated rings. The van der Waals surface area contributed by atoms with Crippen LogP contribution in [0.25, 0.3) is 0 Å². The molecule has 1 atom stereocenters. The van der Waals surface area contributed by atoms with Crippen molar-refractivity contribution in [1.82, 2.24) is 4.90 Å². The highest BCUT2D eigenvalue weighted by Crippen LogP contribution is 2.38. The summed E-state index contributed by atoms with van der Waals surface area (Å²) in [5.74, 6) is 0. The molecule has 22 heavy (non-hydrogen) atoms. The third-order valence-corrected chi connectivity index (χ3v) is 3.86. The van der Waals surface area contributed by atoms with Gasteiger partial charge in [0.15, 0.2) is 0 Å². The molecule has 0 saturated carbocycles. The van der Waals surface area contributed by atoms with E-state index in [0.717, 1.165) is 11.1 Å². The average molecular weight is 303 g/mol. The summed E-state index contributed by atoms with van der Waals surface area (Å²) in [6, 6.07) is 18.6. The highest BCUT2D eigenvalue weighted by Gasteiger charge is 2.40. The Morgan fingerprint density at radius 3 is 2.09 bits per heavy atom. The molecule has 0 unspecified atom stereocenters. The van der Waals surface area contributed by atoms with Crippen molar-refractivity contribution >= 4 is 0 Å². The van der Waals surface area contributed by atoms with Gasteiger partial charge in [-0.05, 0) is 11.1 Å². The van der Waals surface area contributed by atoms with Crippen molar-refractivity contribution in [3.8, 4) is 0 Å². The van der Waals surface area contributed by atoms with Crippen LogP contribution in [0.15, 0.2) is 72.3 Å². The first kappa shape index (κ1) is 14.9. The maximum atomic E-state index is 13.1. The Morgan fingerprint density at radius 2 is 1.50 bits per heavy atom. The second-order valence-corrected chi connectivity index (χ2v) is 5.44. The number of hydrogen-bond donors (Lipinski definition) is 0. The lowest BCUT2D eigenvalue weighted by Gasteiger charge is -2.25. The second-order valence-electron chi connectivity index (χ2n) is 5.44. The predicted octanol–water partition coefficient (Wildman–Crippen LogP) is 4.73. The van der Waals surface area contributed by atoms with Gasteiger partial charge in [0.25, 0.3) is 0 Å². The first-order chi connectivity index (χ1) is 10.5. The maximum Gasteiger partial charge on any atom is 0.413 e. The third kappa shape index (κ3) is 3.22. The Balaban J connectivity index is 1.88. The largest absolute Gasteiger partial charge is 0.413 e. The fourth-order valence-corrected chi connectivity index (χ4v) is 2.78. The minimum absolute atomic E-state index is 0.0715. The molecule has 0 saturated heterocycles. The van der Waals surface area contributed by atoms with Gasteiger partial charge < -0.3 is 0 Å². The summed E-state index contributed by atoms with van der Waals surface area (Å²) in [5, 5.41) is 0. The Hall–Kier alpha value is -2.07. The zero-order chi connectivity index (χ0) is 15.6. The van der Waals surface area contributed by atoms with Crippen LogP contribution >= 0.6 is 0 Å². The van der Waals surface area contributed by atoms with Crippen LogP contribution in [-0.4, -0.2) is 17.6 Å². The lowest BCUT2D eigenvalue weighted by molar-refractivity contribution is -0.0937. The lowest BCUT2D eigenvalue weighted by Crippen LogP contribution is -2.26. The molecular weight excluding hydrogens is 287 g/mol. The predicted molar refractivity (Wildman–Crippen MR) is 80.2 cm³/mol. The van der Waals surface area contributed by atoms with Crippen LogP contribution < -0.4 is 0 Å². The molecule has 0 N–H and O–H groups in total. The zero-order valence-corrected chi connectivity index (χ0v) is 11.9. The second kappa shape index (κ2) is 5.97. The van der Waals surface area contributed by atoms with Crippen LogP contribution in [-0.2, 0) is 6.54 Å². The topological polar surface area (TPSA) is 3.24 Å². The Bertz CT molecular complexity index is 647. The van der Waals surface area contributed by atoms with Gasteiger partial charge >= 0.3 is 6.18 Å². The zero-order valence-electron chi connectivity index (χ0n) is 11.9. The van der Waals surface area contributed by atoms with Crippen molar-refractivity contribution in [3.05, 3.63) is 83.4 Å². The van der Waals surface area contributed by atoms with E-state index in [1.54, 1.807) is 0 Å². The molecule has 2 aromatic carbocycles. The van der Waals surface area contributed by atoms with Gasteiger partial charge in [0, 0.05) is 18.7 Å². The minimum Gasteiger partial charge on any atom is -0.284 e. The summed E-state index contributed by atoms with van der Waals surface area (Å²) < 4.78 is 39.2. The number of halogens is 3. The standard InChI is InChI=1S/C18H16F3N/c19-18(20,21)16-11-17(15-9-5-2-6-10-15)22(13-16)12-14-7-3-1-4-8-14/h1-11,17H,12-13H2/t17-/m1/s1. The first-order valence-electron chi connectivity index (χ1n) is 7.15. The lowest BCUT2D eigenvalue weighted by atomic mass is 10.1. The Morgan fingerprint density at radius 1 is 0.909 bits per heavy atom. The SMILES string of the molecule is FC(F)(F)C1=C[C@H](c2ccccc2)N(Cc2ccccc2)C1. The van der Waals surface area contributed by atoms with Crippen LogP contribution in [0.4, 0.5) is 13.2 Å². The van der Waals surface area contributed by atoms with Gasteiger partial charge in [-0.1, -0.05) is 66.7 Å². The van der Waals surface area contributed by atoms with Crippen molar-refractivity contribution in [2.45, 2.75) is 18.8 Å². The molecule has 0 radical (unpaired) electrons. The molecule has 1 heterocycles. The van der Waals surface area contributed by atoms with E-state index in [9.17, 15) is 13.2 Å². The van der Waals surface area contributed by atoms with Crippen molar-refractivity contribution in [1.29, 1.82) is 0 Å². The molecule has 1 aliphatic rings. The molecule has 0 spiro atoms. The highest BCUT2D eigenvalue weighted by molar-refractivity contribution is 5.31. The monoisotopic (exact) mass is 303 g/mol. The third-order valence-electron chi connectivity index (χ3n) is 3.86. The summed E-state index contributed by atoms with van der Waals surface area (Å²) in [7, 11) is 0. The molecule has 1 nitrogen and oxygen atoms in total. The molecular formula is C18H16F3N. The minimum atomic E-state index is -4.27. The number of alkyl halides is 3. The van der Waals surface area contributed by atoms with E-state index in [2.05, 4.69) is 0 Å². The van der Waals surface area contributed by atoms with Gasteiger partial charge in [-0.2, -0.15) is 13.2 Å². The molecule has 0 amide bonds. The van der Waals surface area contributed by atoms with E-state index in [-0.39, 0.29) is 12.6 Å². The van der Waals surface area contributed by atoms with Crippen molar-refractivity contribution < 1.29 is 13.2 Å². The number of benzene rings is 2. The smallest absolute Gasteiger partial charge is 0.284 e. The van der Waals surface area contributed by atoms with Gasteiger partial charge in [-0.25, -0.2) is 0 Å². The highest BCUT2D eigenvalue weighted by atomic mass is 19.4. The average Bonchev–Trinajstić information content (AvgIpc) is 2.93. The van der Waals surface area contributed by atoms with Crippen LogP contribution in [0.2, 0.25) is 0 Å². The molecule has 1 aliphatic heterocycles. The maximum absolute atomic E-state index is 13.1. The molecule has 2 aromatic rings.